The van der Waals surface area contributed by atoms with Crippen molar-refractivity contribution in [3.63, 3.8) is 0 Å². The van der Waals surface area contributed by atoms with Gasteiger partial charge in [-0.1, -0.05) is 13.0 Å². The van der Waals surface area contributed by atoms with Gasteiger partial charge in [-0.15, -0.1) is 6.58 Å². The Morgan fingerprint density at radius 2 is 2.17 bits per heavy atom. The maximum Gasteiger partial charge on any atom is 0.0640 e. The van der Waals surface area contributed by atoms with Gasteiger partial charge in [0.05, 0.1) is 5.60 Å². The highest BCUT2D eigenvalue weighted by Gasteiger charge is 2.20. The monoisotopic (exact) mass is 171 g/mol. The molecule has 0 amide bonds. The summed E-state index contributed by atoms with van der Waals surface area (Å²) in [6.07, 6.45) is 2.89. The molecule has 1 unspecified atom stereocenters. The first-order valence-electron chi connectivity index (χ1n) is 4.47. The normalized spacial score (nSPS) is 14.3. The molecule has 1 N–H and O–H groups in total. The van der Waals surface area contributed by atoms with Gasteiger partial charge in [0.1, 0.15) is 0 Å². The first kappa shape index (κ1) is 11.7. The van der Waals surface area contributed by atoms with Gasteiger partial charge in [0.25, 0.3) is 0 Å². The molecule has 0 radical (unpaired) electrons. The van der Waals surface area contributed by atoms with Crippen molar-refractivity contribution in [2.75, 3.05) is 13.7 Å². The Bertz CT molecular complexity index is 132. The van der Waals surface area contributed by atoms with Gasteiger partial charge >= 0.3 is 0 Å². The van der Waals surface area contributed by atoms with Crippen molar-refractivity contribution in [3.05, 3.63) is 12.7 Å². The fraction of sp³-hybridized carbons (Fsp3) is 0.800. The Kier molecular flexibility index (Phi) is 5.18. The summed E-state index contributed by atoms with van der Waals surface area (Å²) >= 11 is 0. The first-order valence-corrected chi connectivity index (χ1v) is 4.47. The Hall–Kier alpha value is -0.340. The molecule has 0 bridgehead atoms. The predicted octanol–water partition coefficient (Wildman–Crippen LogP) is 1.97. The van der Waals surface area contributed by atoms with Crippen LogP contribution in [0.25, 0.3) is 0 Å². The molecule has 1 atom stereocenters. The molecule has 0 aliphatic heterocycles. The molecule has 0 aromatic heterocycles. The van der Waals surface area contributed by atoms with E-state index in [1.807, 2.05) is 6.08 Å². The van der Waals surface area contributed by atoms with E-state index >= 15 is 0 Å². The van der Waals surface area contributed by atoms with E-state index in [1.165, 1.54) is 0 Å². The third-order valence-electron chi connectivity index (χ3n) is 2.01. The molecule has 0 heterocycles. The van der Waals surface area contributed by atoms with Crippen molar-refractivity contribution in [3.8, 4) is 0 Å². The number of hydrogen-bond acceptors (Lipinski definition) is 2. The second kappa shape index (κ2) is 5.33. The van der Waals surface area contributed by atoms with Crippen LogP contribution in [0.15, 0.2) is 12.7 Å². The number of nitrogens with one attached hydrogen (secondary N) is 1. The van der Waals surface area contributed by atoms with Crippen LogP contribution in [0.5, 0.6) is 0 Å². The molecule has 0 rings (SSSR count). The zero-order valence-electron chi connectivity index (χ0n) is 8.68. The molecular weight excluding hydrogens is 150 g/mol. The summed E-state index contributed by atoms with van der Waals surface area (Å²) in [7, 11) is 1.74. The highest BCUT2D eigenvalue weighted by Crippen LogP contribution is 2.15. The van der Waals surface area contributed by atoms with Crippen LogP contribution in [-0.4, -0.2) is 25.3 Å². The predicted molar refractivity (Wildman–Crippen MR) is 53.4 cm³/mol. The van der Waals surface area contributed by atoms with Gasteiger partial charge in [-0.2, -0.15) is 0 Å². The standard InChI is InChI=1S/C10H21NO/c1-6-9(11-7-2)8-10(3,4)12-5/h6,9,11H,1,7-8H2,2-5H3. The molecule has 0 aromatic carbocycles. The van der Waals surface area contributed by atoms with Crippen LogP contribution in [0, 0.1) is 0 Å². The number of methoxy groups -OCH3 is 1. The second-order valence-electron chi connectivity index (χ2n) is 3.57. The summed E-state index contributed by atoms with van der Waals surface area (Å²) in [6, 6.07) is 0.352. The third-order valence-corrected chi connectivity index (χ3v) is 2.01. The Morgan fingerprint density at radius 3 is 2.50 bits per heavy atom. The number of ether oxygens (including phenoxy) is 1. The molecular formula is C10H21NO. The van der Waals surface area contributed by atoms with Crippen LogP contribution in [-0.2, 0) is 4.74 Å². The summed E-state index contributed by atoms with van der Waals surface area (Å²) in [4.78, 5) is 0. The minimum Gasteiger partial charge on any atom is -0.379 e. The van der Waals surface area contributed by atoms with Crippen molar-refractivity contribution in [1.29, 1.82) is 0 Å². The lowest BCUT2D eigenvalue weighted by Crippen LogP contribution is -2.36. The quantitative estimate of drug-likeness (QED) is 0.617. The number of likely N-dealkylation sites (N-methyl/N-ethyl adjacent to an activating group) is 1. The van der Waals surface area contributed by atoms with E-state index in [9.17, 15) is 0 Å². The molecule has 72 valence electrons. The van der Waals surface area contributed by atoms with Crippen LogP contribution < -0.4 is 5.32 Å². The minimum absolute atomic E-state index is 0.0684. The van der Waals surface area contributed by atoms with Crippen molar-refractivity contribution in [2.24, 2.45) is 0 Å². The summed E-state index contributed by atoms with van der Waals surface area (Å²) in [5.41, 5.74) is -0.0684. The van der Waals surface area contributed by atoms with Crippen molar-refractivity contribution in [1.82, 2.24) is 5.32 Å². The molecule has 0 saturated heterocycles. The topological polar surface area (TPSA) is 21.3 Å². The van der Waals surface area contributed by atoms with Crippen molar-refractivity contribution >= 4 is 0 Å². The van der Waals surface area contributed by atoms with Gasteiger partial charge in [0, 0.05) is 13.2 Å². The molecule has 0 aliphatic rings. The molecule has 12 heavy (non-hydrogen) atoms. The van der Waals surface area contributed by atoms with E-state index in [0.717, 1.165) is 13.0 Å². The van der Waals surface area contributed by atoms with Gasteiger partial charge in [-0.25, -0.2) is 0 Å². The van der Waals surface area contributed by atoms with Gasteiger partial charge in [0.15, 0.2) is 0 Å². The fourth-order valence-electron chi connectivity index (χ4n) is 1.11. The van der Waals surface area contributed by atoms with E-state index < -0.39 is 0 Å². The Balaban J connectivity index is 3.92. The first-order chi connectivity index (χ1) is 5.55. The van der Waals surface area contributed by atoms with E-state index in [4.69, 9.17) is 4.74 Å². The van der Waals surface area contributed by atoms with Gasteiger partial charge < -0.3 is 10.1 Å². The summed E-state index contributed by atoms with van der Waals surface area (Å²) in [6.45, 7) is 11.0. The SMILES string of the molecule is C=CC(CC(C)(C)OC)NCC. The molecule has 0 fully saturated rings. The smallest absolute Gasteiger partial charge is 0.0640 e. The van der Waals surface area contributed by atoms with E-state index in [-0.39, 0.29) is 5.60 Å². The second-order valence-corrected chi connectivity index (χ2v) is 3.57. The van der Waals surface area contributed by atoms with Crippen LogP contribution in [0.2, 0.25) is 0 Å². The van der Waals surface area contributed by atoms with E-state index in [0.29, 0.717) is 6.04 Å². The highest BCUT2D eigenvalue weighted by molar-refractivity contribution is 4.90. The maximum atomic E-state index is 5.33. The number of rotatable bonds is 6. The fourth-order valence-corrected chi connectivity index (χ4v) is 1.11. The zero-order chi connectivity index (χ0) is 9.61. The van der Waals surface area contributed by atoms with E-state index in [2.05, 4.69) is 32.7 Å². The lowest BCUT2D eigenvalue weighted by molar-refractivity contribution is 0.0109. The van der Waals surface area contributed by atoms with Gasteiger partial charge in [0.2, 0.25) is 0 Å². The largest absolute Gasteiger partial charge is 0.379 e. The van der Waals surface area contributed by atoms with Crippen LogP contribution in [0.3, 0.4) is 0 Å². The minimum atomic E-state index is -0.0684. The average Bonchev–Trinajstić information content (AvgIpc) is 2.03. The number of hydrogen-bond donors (Lipinski definition) is 1. The van der Waals surface area contributed by atoms with Crippen LogP contribution >= 0.6 is 0 Å². The summed E-state index contributed by atoms with van der Waals surface area (Å²) in [5, 5.41) is 3.32. The Morgan fingerprint density at radius 1 is 1.58 bits per heavy atom. The molecule has 2 nitrogen and oxygen atoms in total. The average molecular weight is 171 g/mol. The lowest BCUT2D eigenvalue weighted by atomic mass is 9.99. The lowest BCUT2D eigenvalue weighted by Gasteiger charge is -2.27. The molecule has 0 spiro atoms. The molecule has 2 heteroatoms. The summed E-state index contributed by atoms with van der Waals surface area (Å²) < 4.78 is 5.33. The van der Waals surface area contributed by atoms with E-state index in [1.54, 1.807) is 7.11 Å². The molecule has 0 aromatic rings. The van der Waals surface area contributed by atoms with Gasteiger partial charge in [-0.05, 0) is 26.8 Å². The third kappa shape index (κ3) is 4.52. The Labute approximate surface area is 76.0 Å². The zero-order valence-corrected chi connectivity index (χ0v) is 8.68. The maximum absolute atomic E-state index is 5.33. The molecule has 0 saturated carbocycles. The van der Waals surface area contributed by atoms with Crippen molar-refractivity contribution in [2.45, 2.75) is 38.8 Å². The summed E-state index contributed by atoms with van der Waals surface area (Å²) in [5.74, 6) is 0. The van der Waals surface area contributed by atoms with Crippen molar-refractivity contribution < 1.29 is 4.74 Å². The van der Waals surface area contributed by atoms with Crippen LogP contribution in [0.1, 0.15) is 27.2 Å². The van der Waals surface area contributed by atoms with Gasteiger partial charge in [-0.3, -0.25) is 0 Å². The highest BCUT2D eigenvalue weighted by atomic mass is 16.5. The molecule has 0 aliphatic carbocycles. The van der Waals surface area contributed by atoms with Crippen LogP contribution in [0.4, 0.5) is 0 Å².